The number of rotatable bonds is 5. The number of amides is 1. The Bertz CT molecular complexity index is 819. The third kappa shape index (κ3) is 3.45. The summed E-state index contributed by atoms with van der Waals surface area (Å²) in [4.78, 5) is 15.6. The predicted octanol–water partition coefficient (Wildman–Crippen LogP) is 4.86. The molecular formula is C20H22N2O. The number of aromatic amines is 1. The Kier molecular flexibility index (Phi) is 4.47. The van der Waals surface area contributed by atoms with Crippen LogP contribution >= 0.6 is 0 Å². The van der Waals surface area contributed by atoms with E-state index in [-0.39, 0.29) is 5.91 Å². The maximum atomic E-state index is 12.4. The number of hydrogen-bond acceptors (Lipinski definition) is 1. The molecule has 1 unspecified atom stereocenters. The van der Waals surface area contributed by atoms with E-state index in [1.165, 1.54) is 5.56 Å². The van der Waals surface area contributed by atoms with Gasteiger partial charge in [0.25, 0.3) is 0 Å². The molecule has 0 saturated heterocycles. The van der Waals surface area contributed by atoms with Gasteiger partial charge >= 0.3 is 0 Å². The van der Waals surface area contributed by atoms with E-state index in [0.717, 1.165) is 28.6 Å². The molecular weight excluding hydrogens is 284 g/mol. The van der Waals surface area contributed by atoms with E-state index in [2.05, 4.69) is 36.3 Å². The van der Waals surface area contributed by atoms with Crippen LogP contribution in [0.15, 0.2) is 54.7 Å². The van der Waals surface area contributed by atoms with Crippen molar-refractivity contribution in [1.29, 1.82) is 0 Å². The monoisotopic (exact) mass is 306 g/mol. The number of para-hydroxylation sites is 1. The molecule has 23 heavy (non-hydrogen) atoms. The van der Waals surface area contributed by atoms with Gasteiger partial charge in [0.05, 0.1) is 6.42 Å². The first-order valence-electron chi connectivity index (χ1n) is 8.12. The molecule has 3 nitrogen and oxygen atoms in total. The summed E-state index contributed by atoms with van der Waals surface area (Å²) >= 11 is 0. The van der Waals surface area contributed by atoms with Crippen molar-refractivity contribution in [2.24, 2.45) is 0 Å². The lowest BCUT2D eigenvalue weighted by Gasteiger charge is -2.15. The summed E-state index contributed by atoms with van der Waals surface area (Å²) in [5, 5.41) is 4.20. The molecule has 0 spiro atoms. The fraction of sp³-hybridized carbons (Fsp3) is 0.250. The van der Waals surface area contributed by atoms with Crippen LogP contribution in [-0.4, -0.2) is 10.9 Å². The van der Waals surface area contributed by atoms with E-state index in [4.69, 9.17) is 0 Å². The summed E-state index contributed by atoms with van der Waals surface area (Å²) in [5.41, 5.74) is 4.24. The Hall–Kier alpha value is -2.55. The van der Waals surface area contributed by atoms with Crippen LogP contribution < -0.4 is 5.32 Å². The van der Waals surface area contributed by atoms with Gasteiger partial charge in [0, 0.05) is 17.4 Å². The van der Waals surface area contributed by atoms with Crippen molar-refractivity contribution >= 4 is 22.5 Å². The van der Waals surface area contributed by atoms with E-state index < -0.39 is 0 Å². The zero-order valence-electron chi connectivity index (χ0n) is 13.6. The van der Waals surface area contributed by atoms with Gasteiger partial charge in [-0.2, -0.15) is 0 Å². The number of aromatic nitrogens is 1. The van der Waals surface area contributed by atoms with Gasteiger partial charge in [0.15, 0.2) is 0 Å². The smallest absolute Gasteiger partial charge is 0.228 e. The molecule has 1 atom stereocenters. The minimum atomic E-state index is 0.0237. The summed E-state index contributed by atoms with van der Waals surface area (Å²) in [5.74, 6) is 0.457. The van der Waals surface area contributed by atoms with Gasteiger partial charge in [-0.05, 0) is 53.1 Å². The molecule has 118 valence electrons. The number of anilines is 1. The van der Waals surface area contributed by atoms with E-state index in [1.807, 2.05) is 42.6 Å². The lowest BCUT2D eigenvalue weighted by Crippen LogP contribution is -2.16. The summed E-state index contributed by atoms with van der Waals surface area (Å²) < 4.78 is 0. The normalized spacial score (nSPS) is 12.3. The quantitative estimate of drug-likeness (QED) is 0.694. The van der Waals surface area contributed by atoms with Crippen LogP contribution in [0.5, 0.6) is 0 Å². The Balaban J connectivity index is 1.74. The molecule has 3 heteroatoms. The van der Waals surface area contributed by atoms with Crippen molar-refractivity contribution in [3.63, 3.8) is 0 Å². The highest BCUT2D eigenvalue weighted by Crippen LogP contribution is 2.26. The van der Waals surface area contributed by atoms with E-state index in [0.29, 0.717) is 12.3 Å². The summed E-state index contributed by atoms with van der Waals surface area (Å²) in [6.07, 6.45) is 3.35. The molecule has 0 aliphatic rings. The Labute approximate surface area is 136 Å². The molecule has 1 amide bonds. The number of benzene rings is 2. The van der Waals surface area contributed by atoms with Gasteiger partial charge in [-0.25, -0.2) is 0 Å². The zero-order chi connectivity index (χ0) is 16.2. The van der Waals surface area contributed by atoms with Crippen molar-refractivity contribution in [2.45, 2.75) is 32.6 Å². The summed E-state index contributed by atoms with van der Waals surface area (Å²) in [6, 6.07) is 16.2. The molecule has 3 rings (SSSR count). The number of hydrogen-bond donors (Lipinski definition) is 2. The molecule has 2 N–H and O–H groups in total. The molecule has 0 aliphatic carbocycles. The van der Waals surface area contributed by atoms with E-state index >= 15 is 0 Å². The van der Waals surface area contributed by atoms with Gasteiger partial charge in [-0.1, -0.05) is 38.1 Å². The van der Waals surface area contributed by atoms with Gasteiger partial charge in [0.2, 0.25) is 5.91 Å². The SMILES string of the molecule is CCC(C)c1ccccc1NC(=O)Cc1ccc2[nH]ccc2c1. The van der Waals surface area contributed by atoms with Crippen molar-refractivity contribution in [3.8, 4) is 0 Å². The number of carbonyl (C=O) groups is 1. The number of carbonyl (C=O) groups excluding carboxylic acids is 1. The van der Waals surface area contributed by atoms with Crippen LogP contribution in [0, 0.1) is 0 Å². The minimum absolute atomic E-state index is 0.0237. The molecule has 0 fully saturated rings. The molecule has 0 radical (unpaired) electrons. The van der Waals surface area contributed by atoms with Crippen molar-refractivity contribution in [2.75, 3.05) is 5.32 Å². The Morgan fingerprint density at radius 3 is 2.83 bits per heavy atom. The zero-order valence-corrected chi connectivity index (χ0v) is 13.6. The molecule has 2 aromatic carbocycles. The standard InChI is InChI=1S/C20H22N2O/c1-3-14(2)17-6-4-5-7-19(17)22-20(23)13-15-8-9-18-16(12-15)10-11-21-18/h4-12,14,21H,3,13H2,1-2H3,(H,22,23). The highest BCUT2D eigenvalue weighted by Gasteiger charge is 2.11. The molecule has 1 aromatic heterocycles. The van der Waals surface area contributed by atoms with Crippen LogP contribution in [0.1, 0.15) is 37.3 Å². The van der Waals surface area contributed by atoms with Crippen LogP contribution in [0.4, 0.5) is 5.69 Å². The number of nitrogens with one attached hydrogen (secondary N) is 2. The Morgan fingerprint density at radius 2 is 2.00 bits per heavy atom. The average molecular weight is 306 g/mol. The van der Waals surface area contributed by atoms with Gasteiger partial charge in [0.1, 0.15) is 0 Å². The number of H-pyrrole nitrogens is 1. The molecule has 0 saturated carbocycles. The Morgan fingerprint density at radius 1 is 1.17 bits per heavy atom. The maximum Gasteiger partial charge on any atom is 0.228 e. The molecule has 0 aliphatic heterocycles. The third-order valence-corrected chi connectivity index (χ3v) is 4.36. The highest BCUT2D eigenvalue weighted by atomic mass is 16.1. The summed E-state index contributed by atoms with van der Waals surface area (Å²) in [6.45, 7) is 4.35. The van der Waals surface area contributed by atoms with Gasteiger partial charge in [-0.3, -0.25) is 4.79 Å². The fourth-order valence-electron chi connectivity index (χ4n) is 2.85. The first-order chi connectivity index (χ1) is 11.2. The average Bonchev–Trinajstić information content (AvgIpc) is 3.02. The van der Waals surface area contributed by atoms with Crippen molar-refractivity contribution in [3.05, 3.63) is 65.9 Å². The van der Waals surface area contributed by atoms with Crippen LogP contribution in [-0.2, 0) is 11.2 Å². The fourth-order valence-corrected chi connectivity index (χ4v) is 2.85. The van der Waals surface area contributed by atoms with Gasteiger partial charge < -0.3 is 10.3 Å². The second-order valence-electron chi connectivity index (χ2n) is 6.02. The van der Waals surface area contributed by atoms with Crippen LogP contribution in [0.2, 0.25) is 0 Å². The maximum absolute atomic E-state index is 12.4. The topological polar surface area (TPSA) is 44.9 Å². The van der Waals surface area contributed by atoms with E-state index in [9.17, 15) is 4.79 Å². The summed E-state index contributed by atoms with van der Waals surface area (Å²) in [7, 11) is 0. The first-order valence-corrected chi connectivity index (χ1v) is 8.12. The van der Waals surface area contributed by atoms with Crippen molar-refractivity contribution in [1.82, 2.24) is 4.98 Å². The van der Waals surface area contributed by atoms with Crippen LogP contribution in [0.25, 0.3) is 10.9 Å². The third-order valence-electron chi connectivity index (χ3n) is 4.36. The largest absolute Gasteiger partial charge is 0.361 e. The van der Waals surface area contributed by atoms with Crippen molar-refractivity contribution < 1.29 is 4.79 Å². The highest BCUT2D eigenvalue weighted by molar-refractivity contribution is 5.93. The number of fused-ring (bicyclic) bond motifs is 1. The lowest BCUT2D eigenvalue weighted by atomic mass is 9.97. The second-order valence-corrected chi connectivity index (χ2v) is 6.02. The second kappa shape index (κ2) is 6.69. The first kappa shape index (κ1) is 15.3. The lowest BCUT2D eigenvalue weighted by molar-refractivity contribution is -0.115. The van der Waals surface area contributed by atoms with Gasteiger partial charge in [-0.15, -0.1) is 0 Å². The van der Waals surface area contributed by atoms with Crippen LogP contribution in [0.3, 0.4) is 0 Å². The minimum Gasteiger partial charge on any atom is -0.361 e. The molecule has 3 aromatic rings. The molecule has 0 bridgehead atoms. The van der Waals surface area contributed by atoms with E-state index in [1.54, 1.807) is 0 Å². The predicted molar refractivity (Wildman–Crippen MR) is 95.8 cm³/mol. The molecule has 1 heterocycles.